The number of carbonyl (C=O) groups is 2. The van der Waals surface area contributed by atoms with Crippen LogP contribution in [-0.4, -0.2) is 28.9 Å². The van der Waals surface area contributed by atoms with Crippen molar-refractivity contribution in [1.29, 1.82) is 5.26 Å². The highest BCUT2D eigenvalue weighted by Gasteiger charge is 2.46. The second-order valence-corrected chi connectivity index (χ2v) is 11.0. The maximum Gasteiger partial charge on any atom is 0.244 e. The minimum Gasteiger partial charge on any atom is -0.376 e. The predicted octanol–water partition coefficient (Wildman–Crippen LogP) is 5.36. The van der Waals surface area contributed by atoms with Crippen LogP contribution in [0.5, 0.6) is 0 Å². The third kappa shape index (κ3) is 5.53. The Bertz CT molecular complexity index is 1090. The Balaban J connectivity index is 1.53. The minimum absolute atomic E-state index is 0.0401. The monoisotopic (exact) mass is 499 g/mol. The molecule has 0 saturated heterocycles. The van der Waals surface area contributed by atoms with Crippen LogP contribution in [0.15, 0.2) is 24.4 Å². The molecule has 2 amide bonds. The number of nitrogens with zero attached hydrogens (tertiary/aromatic N) is 3. The summed E-state index contributed by atoms with van der Waals surface area (Å²) in [5, 5.41) is 17.1. The molecule has 0 unspecified atom stereocenters. The van der Waals surface area contributed by atoms with Crippen molar-refractivity contribution in [2.45, 2.75) is 76.4 Å². The summed E-state index contributed by atoms with van der Waals surface area (Å²) < 4.78 is 0. The molecule has 2 heterocycles. The van der Waals surface area contributed by atoms with Crippen molar-refractivity contribution in [3.63, 3.8) is 0 Å². The number of hydrogen-bond donors (Lipinski definition) is 2. The summed E-state index contributed by atoms with van der Waals surface area (Å²) in [7, 11) is 0. The zero-order valence-electron chi connectivity index (χ0n) is 19.5. The summed E-state index contributed by atoms with van der Waals surface area (Å²) in [5.41, 5.74) is 0.941. The van der Waals surface area contributed by atoms with E-state index in [1.54, 1.807) is 11.1 Å². The lowest BCUT2D eigenvalue weighted by Gasteiger charge is -2.29. The van der Waals surface area contributed by atoms with E-state index in [4.69, 9.17) is 11.6 Å². The number of hydrogen-bond acceptors (Lipinski definition) is 6. The Hall–Kier alpha value is -2.63. The highest BCUT2D eigenvalue weighted by atomic mass is 35.5. The number of nitriles is 1. The largest absolute Gasteiger partial charge is 0.376 e. The van der Waals surface area contributed by atoms with E-state index < -0.39 is 11.6 Å². The molecule has 34 heavy (non-hydrogen) atoms. The van der Waals surface area contributed by atoms with E-state index in [1.807, 2.05) is 32.0 Å². The molecule has 180 valence electrons. The normalized spacial score (nSPS) is 18.5. The molecular formula is C25H30ClN5O2S. The van der Waals surface area contributed by atoms with Gasteiger partial charge in [0, 0.05) is 11.1 Å². The maximum absolute atomic E-state index is 13.3. The number of pyridine rings is 1. The van der Waals surface area contributed by atoms with Crippen molar-refractivity contribution in [2.24, 2.45) is 5.92 Å². The SMILES string of the molecule is Cc1ncc(Cl)cc1N[C@@H](C)c1ccc(N(C=O)[C@@H](CC2CCCC2)C(=O)NC2(C#N)CC2)s1. The highest BCUT2D eigenvalue weighted by Crippen LogP contribution is 2.38. The van der Waals surface area contributed by atoms with Gasteiger partial charge in [-0.25, -0.2) is 0 Å². The maximum atomic E-state index is 13.3. The smallest absolute Gasteiger partial charge is 0.244 e. The first-order chi connectivity index (χ1) is 16.3. The molecule has 2 aliphatic carbocycles. The first-order valence-electron chi connectivity index (χ1n) is 11.8. The number of thiophene rings is 1. The van der Waals surface area contributed by atoms with E-state index in [0.29, 0.717) is 30.2 Å². The lowest BCUT2D eigenvalue weighted by Crippen LogP contribution is -2.50. The number of carbonyl (C=O) groups excluding carboxylic acids is 2. The van der Waals surface area contributed by atoms with Gasteiger partial charge in [-0.15, -0.1) is 11.3 Å². The third-order valence-corrected chi connectivity index (χ3v) is 8.32. The van der Waals surface area contributed by atoms with Gasteiger partial charge in [0.1, 0.15) is 11.6 Å². The summed E-state index contributed by atoms with van der Waals surface area (Å²) in [5.74, 6) is 0.175. The van der Waals surface area contributed by atoms with Crippen LogP contribution in [0.2, 0.25) is 5.02 Å². The van der Waals surface area contributed by atoms with Crippen molar-refractivity contribution >= 4 is 45.9 Å². The van der Waals surface area contributed by atoms with E-state index in [0.717, 1.165) is 53.4 Å². The lowest BCUT2D eigenvalue weighted by molar-refractivity contribution is -0.124. The van der Waals surface area contributed by atoms with Crippen LogP contribution in [0, 0.1) is 24.2 Å². The van der Waals surface area contributed by atoms with E-state index >= 15 is 0 Å². The quantitative estimate of drug-likeness (QED) is 0.428. The Morgan fingerprint density at radius 2 is 2.15 bits per heavy atom. The molecule has 0 spiro atoms. The Morgan fingerprint density at radius 3 is 2.79 bits per heavy atom. The number of nitrogens with one attached hydrogen (secondary N) is 2. The van der Waals surface area contributed by atoms with Gasteiger partial charge >= 0.3 is 0 Å². The average molecular weight is 500 g/mol. The van der Waals surface area contributed by atoms with Crippen molar-refractivity contribution < 1.29 is 9.59 Å². The third-order valence-electron chi connectivity index (χ3n) is 6.83. The number of halogens is 1. The van der Waals surface area contributed by atoms with E-state index in [9.17, 15) is 14.9 Å². The molecule has 2 N–H and O–H groups in total. The molecule has 0 aliphatic heterocycles. The zero-order valence-corrected chi connectivity index (χ0v) is 21.1. The molecule has 2 aliphatic rings. The molecule has 2 fully saturated rings. The lowest BCUT2D eigenvalue weighted by atomic mass is 9.96. The van der Waals surface area contributed by atoms with Crippen LogP contribution in [0.3, 0.4) is 0 Å². The molecule has 2 aromatic heterocycles. The summed E-state index contributed by atoms with van der Waals surface area (Å²) in [4.78, 5) is 32.4. The summed E-state index contributed by atoms with van der Waals surface area (Å²) >= 11 is 7.58. The van der Waals surface area contributed by atoms with E-state index in [2.05, 4.69) is 21.7 Å². The molecule has 2 atom stereocenters. The van der Waals surface area contributed by atoms with Crippen LogP contribution >= 0.6 is 22.9 Å². The number of rotatable bonds is 10. The second-order valence-electron chi connectivity index (χ2n) is 9.43. The van der Waals surface area contributed by atoms with Crippen molar-refractivity contribution in [1.82, 2.24) is 10.3 Å². The summed E-state index contributed by atoms with van der Waals surface area (Å²) in [6.45, 7) is 3.95. The molecule has 7 nitrogen and oxygen atoms in total. The van der Waals surface area contributed by atoms with Crippen LogP contribution < -0.4 is 15.5 Å². The minimum atomic E-state index is -0.762. The Labute approximate surface area is 209 Å². The first kappa shape index (κ1) is 24.5. The van der Waals surface area contributed by atoms with Crippen LogP contribution in [0.25, 0.3) is 0 Å². The van der Waals surface area contributed by atoms with Crippen molar-refractivity contribution in [3.05, 3.63) is 40.0 Å². The van der Waals surface area contributed by atoms with Gasteiger partial charge in [-0.3, -0.25) is 19.5 Å². The first-order valence-corrected chi connectivity index (χ1v) is 13.0. The van der Waals surface area contributed by atoms with Gasteiger partial charge < -0.3 is 10.6 Å². The zero-order chi connectivity index (χ0) is 24.3. The van der Waals surface area contributed by atoms with Gasteiger partial charge in [0.15, 0.2) is 0 Å². The van der Waals surface area contributed by atoms with Gasteiger partial charge in [-0.2, -0.15) is 5.26 Å². The Kier molecular flexibility index (Phi) is 7.44. The molecule has 4 rings (SSSR count). The fourth-order valence-electron chi connectivity index (χ4n) is 4.57. The predicted molar refractivity (Wildman–Crippen MR) is 135 cm³/mol. The number of aryl methyl sites for hydroxylation is 1. The highest BCUT2D eigenvalue weighted by molar-refractivity contribution is 7.16. The number of aromatic nitrogens is 1. The van der Waals surface area contributed by atoms with Crippen molar-refractivity contribution in [3.8, 4) is 6.07 Å². The van der Waals surface area contributed by atoms with E-state index in [-0.39, 0.29) is 11.9 Å². The van der Waals surface area contributed by atoms with Gasteiger partial charge in [-0.1, -0.05) is 37.3 Å². The molecule has 0 bridgehead atoms. The van der Waals surface area contributed by atoms with Crippen LogP contribution in [-0.2, 0) is 9.59 Å². The van der Waals surface area contributed by atoms with Crippen molar-refractivity contribution in [2.75, 3.05) is 10.2 Å². The molecule has 0 aromatic carbocycles. The topological polar surface area (TPSA) is 98.1 Å². The van der Waals surface area contributed by atoms with Crippen LogP contribution in [0.1, 0.15) is 68.5 Å². The second kappa shape index (κ2) is 10.3. The molecule has 2 saturated carbocycles. The number of amides is 2. The number of anilines is 2. The van der Waals surface area contributed by atoms with E-state index in [1.165, 1.54) is 11.3 Å². The van der Waals surface area contributed by atoms with Gasteiger partial charge in [0.2, 0.25) is 12.3 Å². The summed E-state index contributed by atoms with van der Waals surface area (Å²) in [6.07, 6.45) is 8.77. The van der Waals surface area contributed by atoms with Gasteiger partial charge in [0.25, 0.3) is 0 Å². The standard InChI is InChI=1S/C25H30ClN5O2S/c1-16-20(12-19(26)13-28-16)29-17(2)22-7-8-23(34-22)31(15-32)21(11-18-5-3-4-6-18)24(33)30-25(14-27)9-10-25/h7-8,12-13,15,17-18,21,29H,3-6,9-11H2,1-2H3,(H,30,33)/t17-,21-/m0/s1. The van der Waals surface area contributed by atoms with Gasteiger partial charge in [0.05, 0.1) is 33.5 Å². The molecule has 9 heteroatoms. The molecule has 2 aromatic rings. The van der Waals surface area contributed by atoms with Crippen LogP contribution in [0.4, 0.5) is 10.7 Å². The fraction of sp³-hybridized carbons (Fsp3) is 0.520. The summed E-state index contributed by atoms with van der Waals surface area (Å²) in [6, 6.07) is 7.27. The molecular weight excluding hydrogens is 470 g/mol. The Morgan fingerprint density at radius 1 is 1.41 bits per heavy atom. The van der Waals surface area contributed by atoms with Gasteiger partial charge in [-0.05, 0) is 57.2 Å². The molecule has 0 radical (unpaired) electrons. The average Bonchev–Trinajstić information content (AvgIpc) is 3.18. The fourth-order valence-corrected chi connectivity index (χ4v) is 5.75.